The van der Waals surface area contributed by atoms with Gasteiger partial charge in [0, 0.05) is 31.5 Å². The van der Waals surface area contributed by atoms with E-state index in [1.165, 1.54) is 5.69 Å². The standard InChI is InChI=1S/C26H35ClN6O2/c1-25(2)16-13-19(23(34)28-4)26(3,21(25)14-16)32-22-20(27)15-29-24(31-22)30-17-5-7-18(8-6-17)33-9-11-35-12-10-33/h5-8,15-16,19,21H,9-14H2,1-4H3,(H,28,34)(H2,29,30,31,32)/t16-,19-,21-,26+/m1/s1. The maximum Gasteiger partial charge on any atom is 0.229 e. The minimum atomic E-state index is -0.465. The Bertz CT molecular complexity index is 1090. The van der Waals surface area contributed by atoms with Crippen LogP contribution in [0, 0.1) is 23.2 Å². The molecule has 3 aliphatic carbocycles. The summed E-state index contributed by atoms with van der Waals surface area (Å²) in [7, 11) is 1.71. The Morgan fingerprint density at radius 1 is 1.14 bits per heavy atom. The summed E-state index contributed by atoms with van der Waals surface area (Å²) in [4.78, 5) is 24.3. The average Bonchev–Trinajstić information content (AvgIpc) is 2.86. The maximum atomic E-state index is 12.8. The summed E-state index contributed by atoms with van der Waals surface area (Å²) in [6, 6.07) is 8.23. The summed E-state index contributed by atoms with van der Waals surface area (Å²) in [6.07, 6.45) is 3.57. The number of hydrogen-bond acceptors (Lipinski definition) is 7. The molecule has 4 aliphatic rings. The van der Waals surface area contributed by atoms with Crippen molar-refractivity contribution < 1.29 is 9.53 Å². The molecular weight excluding hydrogens is 464 g/mol. The summed E-state index contributed by atoms with van der Waals surface area (Å²) in [5, 5.41) is 10.2. The van der Waals surface area contributed by atoms with Crippen molar-refractivity contribution in [2.75, 3.05) is 48.9 Å². The summed E-state index contributed by atoms with van der Waals surface area (Å²) < 4.78 is 5.44. The van der Waals surface area contributed by atoms with Gasteiger partial charge in [0.2, 0.25) is 11.9 Å². The quantitative estimate of drug-likeness (QED) is 0.546. The van der Waals surface area contributed by atoms with Gasteiger partial charge in [-0.25, -0.2) is 4.98 Å². The molecule has 0 unspecified atom stereocenters. The molecule has 3 N–H and O–H groups in total. The Morgan fingerprint density at radius 2 is 1.86 bits per heavy atom. The number of benzene rings is 1. The third-order valence-corrected chi connectivity index (χ3v) is 8.91. The third-order valence-electron chi connectivity index (χ3n) is 8.63. The minimum absolute atomic E-state index is 0.0640. The van der Waals surface area contributed by atoms with Gasteiger partial charge in [0.15, 0.2) is 5.82 Å². The first-order valence-corrected chi connectivity index (χ1v) is 12.8. The van der Waals surface area contributed by atoms with Crippen LogP contribution < -0.4 is 20.9 Å². The van der Waals surface area contributed by atoms with Gasteiger partial charge in [-0.1, -0.05) is 25.4 Å². The van der Waals surface area contributed by atoms with Gasteiger partial charge in [0.1, 0.15) is 5.02 Å². The predicted molar refractivity (Wildman–Crippen MR) is 139 cm³/mol. The number of carbonyl (C=O) groups excluding carboxylic acids is 1. The van der Waals surface area contributed by atoms with E-state index < -0.39 is 5.54 Å². The van der Waals surface area contributed by atoms with E-state index in [4.69, 9.17) is 21.3 Å². The number of halogens is 1. The Kier molecular flexibility index (Phi) is 6.30. The van der Waals surface area contributed by atoms with Crippen LogP contribution in [-0.2, 0) is 9.53 Å². The second-order valence-corrected chi connectivity index (χ2v) is 11.2. The van der Waals surface area contributed by atoms with Gasteiger partial charge in [0.05, 0.1) is 30.9 Å². The van der Waals surface area contributed by atoms with E-state index in [0.29, 0.717) is 28.6 Å². The van der Waals surface area contributed by atoms with Gasteiger partial charge in [-0.15, -0.1) is 0 Å². The largest absolute Gasteiger partial charge is 0.378 e. The minimum Gasteiger partial charge on any atom is -0.378 e. The smallest absolute Gasteiger partial charge is 0.229 e. The molecule has 0 radical (unpaired) electrons. The number of ether oxygens (including phenoxy) is 1. The van der Waals surface area contributed by atoms with Gasteiger partial charge in [-0.05, 0) is 61.3 Å². The fraction of sp³-hybridized carbons (Fsp3) is 0.577. The summed E-state index contributed by atoms with van der Waals surface area (Å²) >= 11 is 6.55. The summed E-state index contributed by atoms with van der Waals surface area (Å²) in [6.45, 7) is 10.1. The number of rotatable bonds is 6. The van der Waals surface area contributed by atoms with E-state index in [-0.39, 0.29) is 17.2 Å². The molecule has 2 bridgehead atoms. The normalized spacial score (nSPS) is 29.2. The second kappa shape index (κ2) is 9.13. The number of hydrogen-bond donors (Lipinski definition) is 3. The molecule has 1 aromatic carbocycles. The van der Waals surface area contributed by atoms with E-state index in [1.54, 1.807) is 13.2 Å². The number of aromatic nitrogens is 2. The zero-order valence-corrected chi connectivity index (χ0v) is 21.7. The van der Waals surface area contributed by atoms with Crippen molar-refractivity contribution in [2.24, 2.45) is 23.2 Å². The first kappa shape index (κ1) is 24.1. The molecule has 8 nitrogen and oxygen atoms in total. The van der Waals surface area contributed by atoms with Crippen LogP contribution in [-0.4, -0.2) is 54.8 Å². The van der Waals surface area contributed by atoms with Crippen molar-refractivity contribution in [2.45, 2.75) is 39.2 Å². The highest BCUT2D eigenvalue weighted by molar-refractivity contribution is 6.32. The molecule has 9 heteroatoms. The van der Waals surface area contributed by atoms with Gasteiger partial charge in [0.25, 0.3) is 0 Å². The SMILES string of the molecule is CNC(=O)[C@H]1C[C@@H]2C[C@H](C2(C)C)[C@@]1(C)Nc1nc(Nc2ccc(N3CCOCC3)cc2)ncc1Cl. The van der Waals surface area contributed by atoms with E-state index in [9.17, 15) is 4.79 Å². The molecule has 2 heterocycles. The maximum absolute atomic E-state index is 12.8. The van der Waals surface area contributed by atoms with Crippen LogP contribution in [0.2, 0.25) is 5.02 Å². The van der Waals surface area contributed by atoms with Crippen LogP contribution in [0.15, 0.2) is 30.5 Å². The molecule has 4 fully saturated rings. The molecule has 1 amide bonds. The van der Waals surface area contributed by atoms with Crippen LogP contribution in [0.4, 0.5) is 23.1 Å². The molecule has 3 saturated carbocycles. The summed E-state index contributed by atoms with van der Waals surface area (Å²) in [5.74, 6) is 1.81. The number of anilines is 4. The molecule has 1 aliphatic heterocycles. The highest BCUT2D eigenvalue weighted by Crippen LogP contribution is 2.65. The lowest BCUT2D eigenvalue weighted by Gasteiger charge is -2.66. The van der Waals surface area contributed by atoms with Gasteiger partial charge < -0.3 is 25.6 Å². The average molecular weight is 499 g/mol. The first-order chi connectivity index (χ1) is 16.7. The number of amides is 1. The number of fused-ring (bicyclic) bond motifs is 2. The fourth-order valence-corrected chi connectivity index (χ4v) is 6.55. The molecule has 4 atom stereocenters. The molecule has 35 heavy (non-hydrogen) atoms. The van der Waals surface area contributed by atoms with E-state index >= 15 is 0 Å². The van der Waals surface area contributed by atoms with Crippen LogP contribution in [0.5, 0.6) is 0 Å². The molecule has 188 valence electrons. The monoisotopic (exact) mass is 498 g/mol. The van der Waals surface area contributed by atoms with Crippen LogP contribution >= 0.6 is 11.6 Å². The molecular formula is C26H35ClN6O2. The van der Waals surface area contributed by atoms with Crippen molar-refractivity contribution in [1.29, 1.82) is 0 Å². The number of morpholine rings is 1. The molecule has 1 aromatic heterocycles. The highest BCUT2D eigenvalue weighted by atomic mass is 35.5. The Hall–Kier alpha value is -2.58. The van der Waals surface area contributed by atoms with Crippen molar-refractivity contribution in [3.8, 4) is 0 Å². The van der Waals surface area contributed by atoms with Crippen LogP contribution in [0.1, 0.15) is 33.6 Å². The highest BCUT2D eigenvalue weighted by Gasteiger charge is 2.64. The molecule has 2 aromatic rings. The van der Waals surface area contributed by atoms with Gasteiger partial charge >= 0.3 is 0 Å². The summed E-state index contributed by atoms with van der Waals surface area (Å²) in [5.41, 5.74) is 1.76. The predicted octanol–water partition coefficient (Wildman–Crippen LogP) is 4.31. The zero-order valence-electron chi connectivity index (χ0n) is 20.9. The van der Waals surface area contributed by atoms with Crippen molar-refractivity contribution >= 4 is 40.6 Å². The fourth-order valence-electron chi connectivity index (χ4n) is 6.41. The lowest BCUT2D eigenvalue weighted by Crippen LogP contribution is -2.69. The third kappa shape index (κ3) is 4.31. The first-order valence-electron chi connectivity index (χ1n) is 12.4. The Labute approximate surface area is 212 Å². The van der Waals surface area contributed by atoms with Crippen molar-refractivity contribution in [3.05, 3.63) is 35.5 Å². The van der Waals surface area contributed by atoms with E-state index in [2.05, 4.69) is 58.7 Å². The van der Waals surface area contributed by atoms with Crippen molar-refractivity contribution in [1.82, 2.24) is 15.3 Å². The van der Waals surface area contributed by atoms with Gasteiger partial charge in [-0.2, -0.15) is 4.98 Å². The number of carbonyl (C=O) groups is 1. The number of nitrogens with one attached hydrogen (secondary N) is 3. The Balaban J connectivity index is 1.35. The molecule has 6 rings (SSSR count). The van der Waals surface area contributed by atoms with Crippen LogP contribution in [0.3, 0.4) is 0 Å². The zero-order chi connectivity index (χ0) is 24.8. The van der Waals surface area contributed by atoms with Gasteiger partial charge in [-0.3, -0.25) is 4.79 Å². The van der Waals surface area contributed by atoms with E-state index in [0.717, 1.165) is 44.8 Å². The molecule has 0 spiro atoms. The Morgan fingerprint density at radius 3 is 2.51 bits per heavy atom. The molecule has 1 saturated heterocycles. The number of nitrogens with zero attached hydrogens (tertiary/aromatic N) is 3. The lowest BCUT2D eigenvalue weighted by molar-refractivity contribution is -0.155. The van der Waals surface area contributed by atoms with Crippen LogP contribution in [0.25, 0.3) is 0 Å². The lowest BCUT2D eigenvalue weighted by atomic mass is 9.40. The topological polar surface area (TPSA) is 91.4 Å². The second-order valence-electron chi connectivity index (χ2n) is 10.8. The van der Waals surface area contributed by atoms with E-state index in [1.807, 2.05) is 12.1 Å². The van der Waals surface area contributed by atoms with Crippen molar-refractivity contribution in [3.63, 3.8) is 0 Å².